The van der Waals surface area contributed by atoms with E-state index in [4.69, 9.17) is 4.74 Å². The van der Waals surface area contributed by atoms with E-state index in [0.29, 0.717) is 28.6 Å². The zero-order chi connectivity index (χ0) is 29.7. The van der Waals surface area contributed by atoms with E-state index in [-0.39, 0.29) is 17.4 Å². The number of fused-ring (bicyclic) bond motifs is 1. The molecule has 218 valence electrons. The van der Waals surface area contributed by atoms with Gasteiger partial charge in [0.05, 0.1) is 11.1 Å². The van der Waals surface area contributed by atoms with Gasteiger partial charge >= 0.3 is 18.3 Å². The Kier molecular flexibility index (Phi) is 9.97. The average molecular weight is 570 g/mol. The van der Waals surface area contributed by atoms with E-state index in [1.807, 2.05) is 20.8 Å². The van der Waals surface area contributed by atoms with Crippen LogP contribution in [-0.4, -0.2) is 29.9 Å². The average Bonchev–Trinajstić information content (AvgIpc) is 3.26. The van der Waals surface area contributed by atoms with Crippen molar-refractivity contribution in [1.82, 2.24) is 4.57 Å². The number of ether oxygens (including phenoxy) is 2. The Balaban J connectivity index is 1.99. The first-order valence-electron chi connectivity index (χ1n) is 13.1. The monoisotopic (exact) mass is 569 g/mol. The van der Waals surface area contributed by atoms with Gasteiger partial charge in [0.1, 0.15) is 24.9 Å². The van der Waals surface area contributed by atoms with Gasteiger partial charge in [0, 0.05) is 34.8 Å². The first kappa shape index (κ1) is 31.1. The molecule has 0 aliphatic rings. The van der Waals surface area contributed by atoms with Crippen LogP contribution < -0.4 is 4.74 Å². The van der Waals surface area contributed by atoms with Crippen LogP contribution in [0.1, 0.15) is 57.2 Å². The number of alkyl halides is 6. The summed E-state index contributed by atoms with van der Waals surface area (Å²) in [4.78, 5) is 11.2. The summed E-state index contributed by atoms with van der Waals surface area (Å²) in [7, 11) is 0. The van der Waals surface area contributed by atoms with Crippen LogP contribution in [0.15, 0.2) is 55.1 Å². The highest BCUT2D eigenvalue weighted by atomic mass is 19.4. The zero-order valence-electron chi connectivity index (χ0n) is 22.7. The summed E-state index contributed by atoms with van der Waals surface area (Å²) in [5.41, 5.74) is 0.777. The molecule has 0 saturated heterocycles. The number of benzene rings is 2. The minimum atomic E-state index is -4.69. The molecular weight excluding hydrogens is 536 g/mol. The molecule has 1 atom stereocenters. The molecule has 40 heavy (non-hydrogen) atoms. The quantitative estimate of drug-likeness (QED) is 0.0946. The van der Waals surface area contributed by atoms with E-state index < -0.39 is 43.0 Å². The van der Waals surface area contributed by atoms with Crippen LogP contribution in [0.5, 0.6) is 5.75 Å². The lowest BCUT2D eigenvalue weighted by Gasteiger charge is -2.21. The van der Waals surface area contributed by atoms with Gasteiger partial charge in [-0.1, -0.05) is 38.5 Å². The number of hydrogen-bond acceptors (Lipinski definition) is 3. The highest BCUT2D eigenvalue weighted by Gasteiger charge is 2.41. The molecule has 3 aromatic rings. The number of rotatable bonds is 12. The number of hydrogen-bond donors (Lipinski definition) is 0. The number of unbranched alkanes of at least 4 members (excludes halogenated alkanes) is 2. The first-order valence-corrected chi connectivity index (χ1v) is 13.1. The molecule has 4 nitrogen and oxygen atoms in total. The van der Waals surface area contributed by atoms with E-state index in [2.05, 4.69) is 11.3 Å². The molecule has 0 fully saturated rings. The van der Waals surface area contributed by atoms with Crippen molar-refractivity contribution in [3.8, 4) is 17.0 Å². The van der Waals surface area contributed by atoms with Crippen molar-refractivity contribution < 1.29 is 40.6 Å². The molecule has 0 N–H and O–H groups in total. The predicted octanol–water partition coefficient (Wildman–Crippen LogP) is 8.93. The number of nitrogens with zero attached hydrogens (tertiary/aromatic N) is 1. The normalized spacial score (nSPS) is 13.1. The molecule has 1 unspecified atom stereocenters. The summed E-state index contributed by atoms with van der Waals surface area (Å²) >= 11 is 0. The third-order valence-electron chi connectivity index (χ3n) is 6.57. The van der Waals surface area contributed by atoms with E-state index in [1.165, 1.54) is 24.3 Å². The van der Waals surface area contributed by atoms with Crippen LogP contribution in [0.25, 0.3) is 22.2 Å². The van der Waals surface area contributed by atoms with Gasteiger partial charge in [0.15, 0.2) is 0 Å². The third kappa shape index (κ3) is 7.61. The second-order valence-corrected chi connectivity index (χ2v) is 9.93. The molecule has 0 amide bonds. The fourth-order valence-corrected chi connectivity index (χ4v) is 4.51. The molecule has 0 aliphatic carbocycles. The standard InChI is InChI=1S/C30H33F6NO3/c1-5-7-8-9-20-10-13-24(25(14-20)30(34,35)36)27-15-21-11-12-23(16-26(21)37(27)19(3)4)39-17-22(29(31,32)33)18-40-28(38)6-2/h6,10-16,19,22H,2,5,7-9,17-18H2,1,3-4H3. The van der Waals surface area contributed by atoms with Gasteiger partial charge in [-0.15, -0.1) is 0 Å². The van der Waals surface area contributed by atoms with Gasteiger partial charge in [-0.05, 0) is 56.5 Å². The van der Waals surface area contributed by atoms with Crippen molar-refractivity contribution in [3.05, 3.63) is 66.2 Å². The summed E-state index contributed by atoms with van der Waals surface area (Å²) in [5.74, 6) is -2.96. The van der Waals surface area contributed by atoms with Crippen LogP contribution in [-0.2, 0) is 22.1 Å². The molecule has 0 radical (unpaired) electrons. The molecule has 0 aliphatic heterocycles. The van der Waals surface area contributed by atoms with E-state index in [0.717, 1.165) is 25.3 Å². The molecule has 2 aromatic carbocycles. The molecular formula is C30H33F6NO3. The van der Waals surface area contributed by atoms with Crippen molar-refractivity contribution in [2.24, 2.45) is 5.92 Å². The van der Waals surface area contributed by atoms with Crippen molar-refractivity contribution in [1.29, 1.82) is 0 Å². The van der Waals surface area contributed by atoms with Crippen molar-refractivity contribution in [2.45, 2.75) is 64.8 Å². The van der Waals surface area contributed by atoms with Crippen LogP contribution >= 0.6 is 0 Å². The maximum atomic E-state index is 14.2. The fourth-order valence-electron chi connectivity index (χ4n) is 4.51. The molecule has 0 spiro atoms. The maximum absolute atomic E-state index is 14.2. The molecule has 3 rings (SSSR count). The van der Waals surface area contributed by atoms with Crippen molar-refractivity contribution in [3.63, 3.8) is 0 Å². The lowest BCUT2D eigenvalue weighted by molar-refractivity contribution is -0.195. The largest absolute Gasteiger partial charge is 0.493 e. The van der Waals surface area contributed by atoms with Crippen LogP contribution in [0.4, 0.5) is 26.3 Å². The van der Waals surface area contributed by atoms with Gasteiger partial charge < -0.3 is 14.0 Å². The van der Waals surface area contributed by atoms with E-state index in [1.54, 1.807) is 22.8 Å². The smallest absolute Gasteiger partial charge is 0.417 e. The Labute approximate surface area is 229 Å². The Morgan fingerprint density at radius 1 is 1.00 bits per heavy atom. The summed E-state index contributed by atoms with van der Waals surface area (Å²) in [6, 6.07) is 10.4. The molecule has 0 bridgehead atoms. The third-order valence-corrected chi connectivity index (χ3v) is 6.57. The number of aromatic nitrogens is 1. The topological polar surface area (TPSA) is 40.5 Å². The zero-order valence-corrected chi connectivity index (χ0v) is 22.7. The number of halogens is 6. The van der Waals surface area contributed by atoms with Gasteiger partial charge in [0.2, 0.25) is 0 Å². The first-order chi connectivity index (χ1) is 18.8. The minimum absolute atomic E-state index is 0.0280. The minimum Gasteiger partial charge on any atom is -0.493 e. The molecule has 1 aromatic heterocycles. The lowest BCUT2D eigenvalue weighted by Crippen LogP contribution is -2.33. The van der Waals surface area contributed by atoms with Crippen molar-refractivity contribution >= 4 is 16.9 Å². The van der Waals surface area contributed by atoms with Crippen LogP contribution in [0.2, 0.25) is 0 Å². The van der Waals surface area contributed by atoms with E-state index in [9.17, 15) is 31.1 Å². The summed E-state index contributed by atoms with van der Waals surface area (Å²) in [5, 5.41) is 0.614. The number of carbonyl (C=O) groups excluding carboxylic acids is 1. The number of esters is 1. The highest BCUT2D eigenvalue weighted by Crippen LogP contribution is 2.41. The summed E-state index contributed by atoms with van der Waals surface area (Å²) < 4.78 is 94.7. The van der Waals surface area contributed by atoms with Crippen molar-refractivity contribution in [2.75, 3.05) is 13.2 Å². The molecule has 1 heterocycles. The second kappa shape index (κ2) is 12.8. The molecule has 10 heteroatoms. The Bertz CT molecular complexity index is 1320. The Hall–Kier alpha value is -3.43. The number of carbonyl (C=O) groups is 1. The summed E-state index contributed by atoms with van der Waals surface area (Å²) in [6.07, 6.45) is -5.25. The lowest BCUT2D eigenvalue weighted by atomic mass is 9.97. The van der Waals surface area contributed by atoms with Gasteiger partial charge in [-0.3, -0.25) is 0 Å². The highest BCUT2D eigenvalue weighted by molar-refractivity contribution is 5.89. The van der Waals surface area contributed by atoms with Gasteiger partial charge in [-0.2, -0.15) is 26.3 Å². The van der Waals surface area contributed by atoms with Gasteiger partial charge in [-0.25, -0.2) is 4.79 Å². The van der Waals surface area contributed by atoms with Gasteiger partial charge in [0.25, 0.3) is 0 Å². The fraction of sp³-hybridized carbons (Fsp3) is 0.433. The summed E-state index contributed by atoms with van der Waals surface area (Å²) in [6.45, 7) is 7.07. The maximum Gasteiger partial charge on any atom is 0.417 e. The number of aryl methyl sites for hydroxylation is 1. The Morgan fingerprint density at radius 3 is 2.33 bits per heavy atom. The molecule has 0 saturated carbocycles. The van der Waals surface area contributed by atoms with E-state index >= 15 is 0 Å². The second-order valence-electron chi connectivity index (χ2n) is 9.93. The van der Waals surface area contributed by atoms with Crippen LogP contribution in [0.3, 0.4) is 0 Å². The van der Waals surface area contributed by atoms with Crippen LogP contribution in [0, 0.1) is 5.92 Å². The SMILES string of the molecule is C=CC(=O)OCC(COc1ccc2cc(-c3ccc(CCCCC)cc3C(F)(F)F)n(C(C)C)c2c1)C(F)(F)F. The Morgan fingerprint density at radius 2 is 1.73 bits per heavy atom. The predicted molar refractivity (Wildman–Crippen MR) is 142 cm³/mol.